The van der Waals surface area contributed by atoms with Gasteiger partial charge in [0.05, 0.1) is 18.7 Å². The maximum atomic E-state index is 13.9. The van der Waals surface area contributed by atoms with Crippen molar-refractivity contribution >= 4 is 29.0 Å². The SMILES string of the molecule is COc1ccc([C@@H]2C[C@@H](C(F)(F)F)n3nc(C(=O)Nc4cccc(C(F)(F)F)c4)c(Cl)c3N2)cc1. The Kier molecular flexibility index (Phi) is 6.34. The fourth-order valence-corrected chi connectivity index (χ4v) is 4.02. The Morgan fingerprint density at radius 1 is 1.14 bits per heavy atom. The second-order valence-corrected chi connectivity index (χ2v) is 8.13. The number of aromatic nitrogens is 2. The van der Waals surface area contributed by atoms with E-state index in [0.717, 1.165) is 12.1 Å². The van der Waals surface area contributed by atoms with Crippen LogP contribution < -0.4 is 15.4 Å². The number of rotatable bonds is 4. The molecule has 2 atom stereocenters. The lowest BCUT2D eigenvalue weighted by molar-refractivity contribution is -0.173. The monoisotopic (exact) mass is 518 g/mol. The van der Waals surface area contributed by atoms with Gasteiger partial charge < -0.3 is 15.4 Å². The zero-order valence-electron chi connectivity index (χ0n) is 17.8. The van der Waals surface area contributed by atoms with E-state index in [0.29, 0.717) is 22.1 Å². The van der Waals surface area contributed by atoms with Gasteiger partial charge in [0.25, 0.3) is 5.91 Å². The second-order valence-electron chi connectivity index (χ2n) is 7.75. The summed E-state index contributed by atoms with van der Waals surface area (Å²) < 4.78 is 86.2. The zero-order chi connectivity index (χ0) is 25.5. The van der Waals surface area contributed by atoms with Crippen LogP contribution in [-0.4, -0.2) is 29.0 Å². The minimum atomic E-state index is -4.72. The predicted octanol–water partition coefficient (Wildman–Crippen LogP) is 6.48. The van der Waals surface area contributed by atoms with Gasteiger partial charge in [-0.1, -0.05) is 29.8 Å². The van der Waals surface area contributed by atoms with Gasteiger partial charge in [0.2, 0.25) is 0 Å². The molecular formula is C22H17ClF6N4O2. The first-order valence-electron chi connectivity index (χ1n) is 10.1. The summed E-state index contributed by atoms with van der Waals surface area (Å²) in [5.74, 6) is -0.760. The summed E-state index contributed by atoms with van der Waals surface area (Å²) in [6, 6.07) is 7.28. The minimum Gasteiger partial charge on any atom is -0.497 e. The smallest absolute Gasteiger partial charge is 0.416 e. The highest BCUT2D eigenvalue weighted by Gasteiger charge is 2.48. The van der Waals surface area contributed by atoms with Gasteiger partial charge in [-0.15, -0.1) is 0 Å². The number of methoxy groups -OCH3 is 1. The number of nitrogens with zero attached hydrogens (tertiary/aromatic N) is 2. The van der Waals surface area contributed by atoms with E-state index >= 15 is 0 Å². The first-order valence-corrected chi connectivity index (χ1v) is 10.5. The number of alkyl halides is 6. The summed E-state index contributed by atoms with van der Waals surface area (Å²) in [5, 5.41) is 8.48. The summed E-state index contributed by atoms with van der Waals surface area (Å²) in [5.41, 5.74) is -1.26. The number of hydrogen-bond donors (Lipinski definition) is 2. The van der Waals surface area contributed by atoms with Crippen molar-refractivity contribution in [2.24, 2.45) is 0 Å². The normalized spacial score (nSPS) is 17.9. The van der Waals surface area contributed by atoms with Crippen LogP contribution in [0, 0.1) is 0 Å². The molecule has 0 bridgehead atoms. The van der Waals surface area contributed by atoms with E-state index in [-0.39, 0.29) is 16.5 Å². The molecule has 2 aromatic carbocycles. The highest BCUT2D eigenvalue weighted by molar-refractivity contribution is 6.36. The Hall–Kier alpha value is -3.41. The molecule has 0 fully saturated rings. The summed E-state index contributed by atoms with van der Waals surface area (Å²) in [7, 11) is 1.46. The van der Waals surface area contributed by atoms with Gasteiger partial charge in [-0.2, -0.15) is 31.4 Å². The number of anilines is 2. The van der Waals surface area contributed by atoms with E-state index in [4.69, 9.17) is 16.3 Å². The first-order chi connectivity index (χ1) is 16.4. The number of fused-ring (bicyclic) bond motifs is 1. The number of hydrogen-bond acceptors (Lipinski definition) is 4. The molecule has 1 aromatic heterocycles. The highest BCUT2D eigenvalue weighted by Crippen LogP contribution is 2.46. The number of carbonyl (C=O) groups is 1. The van der Waals surface area contributed by atoms with Crippen LogP contribution in [0.5, 0.6) is 5.75 Å². The molecule has 2 N–H and O–H groups in total. The third-order valence-corrected chi connectivity index (χ3v) is 5.83. The Balaban J connectivity index is 1.66. The number of nitrogens with one attached hydrogen (secondary N) is 2. The molecule has 1 aliphatic rings. The molecule has 3 aromatic rings. The lowest BCUT2D eigenvalue weighted by Crippen LogP contribution is -2.35. The number of benzene rings is 2. The summed E-state index contributed by atoms with van der Waals surface area (Å²) in [6.45, 7) is 0. The van der Waals surface area contributed by atoms with Crippen LogP contribution in [-0.2, 0) is 6.18 Å². The maximum absolute atomic E-state index is 13.9. The molecule has 0 saturated heterocycles. The molecule has 0 saturated carbocycles. The number of halogens is 7. The summed E-state index contributed by atoms with van der Waals surface area (Å²) in [4.78, 5) is 12.7. The molecule has 0 spiro atoms. The minimum absolute atomic E-state index is 0.219. The molecule has 186 valence electrons. The van der Waals surface area contributed by atoms with Crippen molar-refractivity contribution in [1.82, 2.24) is 9.78 Å². The third-order valence-electron chi connectivity index (χ3n) is 5.48. The maximum Gasteiger partial charge on any atom is 0.416 e. The van der Waals surface area contributed by atoms with Crippen molar-refractivity contribution in [1.29, 1.82) is 0 Å². The van der Waals surface area contributed by atoms with E-state index < -0.39 is 48.0 Å². The zero-order valence-corrected chi connectivity index (χ0v) is 18.6. The molecule has 6 nitrogen and oxygen atoms in total. The van der Waals surface area contributed by atoms with Gasteiger partial charge in [-0.3, -0.25) is 4.79 Å². The molecule has 0 radical (unpaired) electrons. The molecule has 2 heterocycles. The van der Waals surface area contributed by atoms with Crippen molar-refractivity contribution in [3.63, 3.8) is 0 Å². The Labute approximate surface area is 199 Å². The molecule has 1 amide bonds. The molecule has 35 heavy (non-hydrogen) atoms. The van der Waals surface area contributed by atoms with Crippen LogP contribution in [0.2, 0.25) is 5.02 Å². The second kappa shape index (κ2) is 8.99. The lowest BCUT2D eigenvalue weighted by atomic mass is 9.97. The topological polar surface area (TPSA) is 68.2 Å². The van der Waals surface area contributed by atoms with Gasteiger partial charge in [0.15, 0.2) is 11.7 Å². The van der Waals surface area contributed by atoms with E-state index in [1.165, 1.54) is 13.2 Å². The molecule has 13 heteroatoms. The van der Waals surface area contributed by atoms with Crippen LogP contribution in [0.4, 0.5) is 37.8 Å². The quantitative estimate of drug-likeness (QED) is 0.388. The Bertz CT molecular complexity index is 1240. The Morgan fingerprint density at radius 2 is 1.83 bits per heavy atom. The van der Waals surface area contributed by atoms with E-state index in [9.17, 15) is 31.1 Å². The standard InChI is InChI=1S/C22H17ClF6N4O2/c1-35-14-7-5-11(6-8-14)15-10-16(22(27,28)29)33-19(31-15)17(23)18(32-33)20(34)30-13-4-2-3-12(9-13)21(24,25)26/h2-9,15-16,31H,10H2,1H3,(H,30,34)/t15-,16-/m0/s1. The van der Waals surface area contributed by atoms with Crippen molar-refractivity contribution < 1.29 is 35.9 Å². The molecule has 0 unspecified atom stereocenters. The molecule has 0 aliphatic carbocycles. The van der Waals surface area contributed by atoms with Crippen molar-refractivity contribution in [3.8, 4) is 5.75 Å². The van der Waals surface area contributed by atoms with Crippen molar-refractivity contribution in [2.45, 2.75) is 30.9 Å². The summed E-state index contributed by atoms with van der Waals surface area (Å²) >= 11 is 6.25. The van der Waals surface area contributed by atoms with E-state index in [1.807, 2.05) is 0 Å². The van der Waals surface area contributed by atoms with E-state index in [1.54, 1.807) is 24.3 Å². The van der Waals surface area contributed by atoms with Crippen LogP contribution in [0.3, 0.4) is 0 Å². The van der Waals surface area contributed by atoms with Crippen molar-refractivity contribution in [2.75, 3.05) is 17.7 Å². The lowest BCUT2D eigenvalue weighted by Gasteiger charge is -2.33. The summed E-state index contributed by atoms with van der Waals surface area (Å²) in [6.07, 6.45) is -9.80. The highest BCUT2D eigenvalue weighted by atomic mass is 35.5. The number of carbonyl (C=O) groups excluding carboxylic acids is 1. The van der Waals surface area contributed by atoms with E-state index in [2.05, 4.69) is 15.7 Å². The van der Waals surface area contributed by atoms with Gasteiger partial charge in [0, 0.05) is 12.1 Å². The Morgan fingerprint density at radius 3 is 2.43 bits per heavy atom. The average molecular weight is 519 g/mol. The fourth-order valence-electron chi connectivity index (χ4n) is 3.75. The van der Waals surface area contributed by atoms with Gasteiger partial charge >= 0.3 is 12.4 Å². The van der Waals surface area contributed by atoms with Crippen LogP contribution in [0.15, 0.2) is 48.5 Å². The van der Waals surface area contributed by atoms with Gasteiger partial charge in [-0.25, -0.2) is 4.68 Å². The largest absolute Gasteiger partial charge is 0.497 e. The van der Waals surface area contributed by atoms with Gasteiger partial charge in [0.1, 0.15) is 16.6 Å². The fraction of sp³-hybridized carbons (Fsp3) is 0.273. The third kappa shape index (κ3) is 5.02. The average Bonchev–Trinajstić information content (AvgIpc) is 3.14. The van der Waals surface area contributed by atoms with Crippen LogP contribution in [0.1, 0.15) is 40.1 Å². The molecular weight excluding hydrogens is 502 g/mol. The predicted molar refractivity (Wildman–Crippen MR) is 116 cm³/mol. The molecule has 1 aliphatic heterocycles. The first kappa shape index (κ1) is 24.7. The van der Waals surface area contributed by atoms with Gasteiger partial charge in [-0.05, 0) is 35.9 Å². The number of ether oxygens (including phenoxy) is 1. The number of amides is 1. The van der Waals surface area contributed by atoms with Crippen LogP contribution >= 0.6 is 11.6 Å². The molecule has 4 rings (SSSR count). The van der Waals surface area contributed by atoms with Crippen molar-refractivity contribution in [3.05, 3.63) is 70.4 Å². The van der Waals surface area contributed by atoms with Crippen LogP contribution in [0.25, 0.3) is 0 Å².